The van der Waals surface area contributed by atoms with Gasteiger partial charge in [0.25, 0.3) is 0 Å². The van der Waals surface area contributed by atoms with E-state index in [1.807, 2.05) is 0 Å². The molecule has 1 N–H and O–H groups in total. The van der Waals surface area contributed by atoms with Gasteiger partial charge in [-0.05, 0) is 25.8 Å². The Kier molecular flexibility index (Phi) is 8.61. The molecule has 1 aliphatic rings. The van der Waals surface area contributed by atoms with Gasteiger partial charge in [-0.3, -0.25) is 0 Å². The number of hydrogen-bond donors (Lipinski definition) is 1. The zero-order valence-electron chi connectivity index (χ0n) is 11.2. The first kappa shape index (κ1) is 14.9. The zero-order chi connectivity index (χ0) is 12.3. The third-order valence-electron chi connectivity index (χ3n) is 3.24. The van der Waals surface area contributed by atoms with Crippen molar-refractivity contribution in [3.05, 3.63) is 0 Å². The van der Waals surface area contributed by atoms with Crippen LogP contribution in [0.25, 0.3) is 0 Å². The Hall–Kier alpha value is -0.160. The summed E-state index contributed by atoms with van der Waals surface area (Å²) in [7, 11) is 3.31. The van der Waals surface area contributed by atoms with Crippen LogP contribution in [0.3, 0.4) is 0 Å². The van der Waals surface area contributed by atoms with Crippen molar-refractivity contribution in [2.24, 2.45) is 0 Å². The monoisotopic (exact) mass is 245 g/mol. The van der Waals surface area contributed by atoms with Crippen LogP contribution in [0.2, 0.25) is 0 Å². The zero-order valence-corrected chi connectivity index (χ0v) is 11.2. The van der Waals surface area contributed by atoms with Crippen LogP contribution in [0.5, 0.6) is 0 Å². The van der Waals surface area contributed by atoms with Gasteiger partial charge >= 0.3 is 0 Å². The van der Waals surface area contributed by atoms with E-state index in [9.17, 15) is 0 Å². The lowest BCUT2D eigenvalue weighted by atomic mass is 9.98. The average Bonchev–Trinajstić information content (AvgIpc) is 2.39. The normalized spacial score (nSPS) is 17.8. The van der Waals surface area contributed by atoms with Crippen molar-refractivity contribution in [3.8, 4) is 0 Å². The van der Waals surface area contributed by atoms with Gasteiger partial charge in [-0.2, -0.15) is 0 Å². The van der Waals surface area contributed by atoms with E-state index in [0.717, 1.165) is 26.1 Å². The fourth-order valence-corrected chi connectivity index (χ4v) is 2.16. The number of nitrogens with one attached hydrogen (secondary N) is 1. The lowest BCUT2D eigenvalue weighted by Crippen LogP contribution is -2.31. The van der Waals surface area contributed by atoms with Gasteiger partial charge in [-0.25, -0.2) is 0 Å². The maximum atomic E-state index is 5.84. The van der Waals surface area contributed by atoms with Crippen molar-refractivity contribution in [1.82, 2.24) is 5.32 Å². The van der Waals surface area contributed by atoms with Crippen LogP contribution in [0.15, 0.2) is 0 Å². The van der Waals surface area contributed by atoms with Crippen molar-refractivity contribution in [2.45, 2.75) is 50.9 Å². The molecule has 0 bridgehead atoms. The van der Waals surface area contributed by atoms with Crippen molar-refractivity contribution >= 4 is 0 Å². The van der Waals surface area contributed by atoms with E-state index in [1.165, 1.54) is 32.1 Å². The molecule has 0 aromatic heterocycles. The molecule has 0 aliphatic heterocycles. The Morgan fingerprint density at radius 1 is 1.12 bits per heavy atom. The van der Waals surface area contributed by atoms with Gasteiger partial charge in [0.1, 0.15) is 0 Å². The summed E-state index contributed by atoms with van der Waals surface area (Å²) >= 11 is 0. The summed E-state index contributed by atoms with van der Waals surface area (Å²) in [5.74, 6) is 0. The topological polar surface area (TPSA) is 39.7 Å². The van der Waals surface area contributed by atoms with Gasteiger partial charge in [-0.15, -0.1) is 0 Å². The van der Waals surface area contributed by atoms with Crippen LogP contribution in [0, 0.1) is 0 Å². The Morgan fingerprint density at radius 3 is 2.47 bits per heavy atom. The second kappa shape index (κ2) is 9.83. The summed E-state index contributed by atoms with van der Waals surface area (Å²) in [5, 5.41) is 3.30. The van der Waals surface area contributed by atoms with Crippen LogP contribution < -0.4 is 5.32 Å². The van der Waals surface area contributed by atoms with E-state index in [-0.39, 0.29) is 6.29 Å². The highest BCUT2D eigenvalue weighted by atomic mass is 16.7. The lowest BCUT2D eigenvalue weighted by Gasteiger charge is -2.22. The third kappa shape index (κ3) is 6.99. The molecule has 102 valence electrons. The molecular weight excluding hydrogens is 218 g/mol. The summed E-state index contributed by atoms with van der Waals surface area (Å²) in [5.41, 5.74) is 0. The second-order valence-electron chi connectivity index (χ2n) is 4.59. The highest BCUT2D eigenvalue weighted by Gasteiger charge is 2.12. The van der Waals surface area contributed by atoms with E-state index in [2.05, 4.69) is 5.32 Å². The van der Waals surface area contributed by atoms with Gasteiger partial charge in [-0.1, -0.05) is 19.3 Å². The summed E-state index contributed by atoms with van der Waals surface area (Å²) in [6, 6.07) is 0. The maximum absolute atomic E-state index is 5.84. The third-order valence-corrected chi connectivity index (χ3v) is 3.24. The Morgan fingerprint density at radius 2 is 1.82 bits per heavy atom. The first-order valence-electron chi connectivity index (χ1n) is 6.74. The lowest BCUT2D eigenvalue weighted by molar-refractivity contribution is -0.0988. The number of ether oxygens (including phenoxy) is 3. The van der Waals surface area contributed by atoms with Crippen molar-refractivity contribution < 1.29 is 14.2 Å². The molecule has 0 aromatic carbocycles. The Bertz CT molecular complexity index is 168. The van der Waals surface area contributed by atoms with Gasteiger partial charge in [0.15, 0.2) is 6.29 Å². The Balaban J connectivity index is 1.86. The molecule has 0 amide bonds. The summed E-state index contributed by atoms with van der Waals surface area (Å²) < 4.78 is 16.0. The van der Waals surface area contributed by atoms with E-state index in [1.54, 1.807) is 14.2 Å². The fraction of sp³-hybridized carbons (Fsp3) is 1.00. The number of methoxy groups -OCH3 is 2. The maximum Gasteiger partial charge on any atom is 0.169 e. The second-order valence-corrected chi connectivity index (χ2v) is 4.59. The van der Waals surface area contributed by atoms with Crippen LogP contribution in [-0.2, 0) is 14.2 Å². The largest absolute Gasteiger partial charge is 0.378 e. The molecule has 0 radical (unpaired) electrons. The molecule has 1 saturated carbocycles. The van der Waals surface area contributed by atoms with Crippen LogP contribution >= 0.6 is 0 Å². The molecule has 0 heterocycles. The highest BCUT2D eigenvalue weighted by Crippen LogP contribution is 2.20. The predicted octanol–water partition coefficient (Wildman–Crippen LogP) is 1.93. The summed E-state index contributed by atoms with van der Waals surface area (Å²) in [4.78, 5) is 0. The molecule has 1 rings (SSSR count). The fourth-order valence-electron chi connectivity index (χ4n) is 2.16. The first-order chi connectivity index (χ1) is 8.36. The van der Waals surface area contributed by atoms with Crippen LogP contribution in [0.4, 0.5) is 0 Å². The SMILES string of the molecule is COC(CNCCCOC1CCCCC1)OC. The smallest absolute Gasteiger partial charge is 0.169 e. The molecule has 0 unspecified atom stereocenters. The molecule has 0 aromatic rings. The minimum atomic E-state index is -0.144. The van der Waals surface area contributed by atoms with Crippen molar-refractivity contribution in [2.75, 3.05) is 33.9 Å². The van der Waals surface area contributed by atoms with Crippen LogP contribution in [-0.4, -0.2) is 46.3 Å². The molecule has 17 heavy (non-hydrogen) atoms. The van der Waals surface area contributed by atoms with E-state index < -0.39 is 0 Å². The van der Waals surface area contributed by atoms with Crippen molar-refractivity contribution in [3.63, 3.8) is 0 Å². The minimum Gasteiger partial charge on any atom is -0.378 e. The predicted molar refractivity (Wildman–Crippen MR) is 68.1 cm³/mol. The molecule has 1 fully saturated rings. The quantitative estimate of drug-likeness (QED) is 0.498. The van der Waals surface area contributed by atoms with E-state index >= 15 is 0 Å². The van der Waals surface area contributed by atoms with Crippen molar-refractivity contribution in [1.29, 1.82) is 0 Å². The Labute approximate surface area is 105 Å². The minimum absolute atomic E-state index is 0.144. The molecule has 1 aliphatic carbocycles. The van der Waals surface area contributed by atoms with Gasteiger partial charge < -0.3 is 19.5 Å². The van der Waals surface area contributed by atoms with Crippen LogP contribution in [0.1, 0.15) is 38.5 Å². The molecule has 0 saturated heterocycles. The number of rotatable bonds is 9. The summed E-state index contributed by atoms with van der Waals surface area (Å²) in [6.45, 7) is 2.55. The molecular formula is C13H27NO3. The van der Waals surface area contributed by atoms with E-state index in [4.69, 9.17) is 14.2 Å². The van der Waals surface area contributed by atoms with E-state index in [0.29, 0.717) is 6.10 Å². The standard InChI is InChI=1S/C13H27NO3/c1-15-13(16-2)11-14-9-6-10-17-12-7-4-3-5-8-12/h12-14H,3-11H2,1-2H3. The molecule has 4 heteroatoms. The molecule has 0 atom stereocenters. The van der Waals surface area contributed by atoms with Gasteiger partial charge in [0.2, 0.25) is 0 Å². The van der Waals surface area contributed by atoms with Gasteiger partial charge in [0, 0.05) is 27.4 Å². The number of hydrogen-bond acceptors (Lipinski definition) is 4. The highest BCUT2D eigenvalue weighted by molar-refractivity contribution is 4.65. The first-order valence-corrected chi connectivity index (χ1v) is 6.74. The average molecular weight is 245 g/mol. The molecule has 0 spiro atoms. The molecule has 4 nitrogen and oxygen atoms in total. The van der Waals surface area contributed by atoms with Gasteiger partial charge in [0.05, 0.1) is 6.10 Å². The summed E-state index contributed by atoms with van der Waals surface area (Å²) in [6.07, 6.45) is 8.00.